The second kappa shape index (κ2) is 77.6. The number of rotatable bonds is 86. The van der Waals surface area contributed by atoms with E-state index in [-0.39, 0.29) is 87.8 Å². The van der Waals surface area contributed by atoms with Crippen LogP contribution in [-0.4, -0.2) is 152 Å². The average molecular weight is 1720 g/mol. The molecule has 119 heavy (non-hydrogen) atoms. The van der Waals surface area contributed by atoms with Crippen molar-refractivity contribution in [1.82, 2.24) is 21.3 Å². The first-order valence-electron chi connectivity index (χ1n) is 46.6. The Hall–Kier alpha value is -5.20. The fourth-order valence-corrected chi connectivity index (χ4v) is 15.1. The van der Waals surface area contributed by atoms with Gasteiger partial charge < -0.3 is 55.1 Å². The van der Waals surface area contributed by atoms with Crippen LogP contribution in [0.25, 0.3) is 0 Å². The van der Waals surface area contributed by atoms with Gasteiger partial charge in [-0.15, -0.1) is 0 Å². The Bertz CT molecular complexity index is 2740. The number of esters is 2. The van der Waals surface area contributed by atoms with E-state index in [0.717, 1.165) is 154 Å². The van der Waals surface area contributed by atoms with Gasteiger partial charge in [-0.25, -0.2) is 9.13 Å². The molecule has 0 radical (unpaired) electrons. The van der Waals surface area contributed by atoms with Crippen LogP contribution < -0.4 is 21.3 Å². The summed E-state index contributed by atoms with van der Waals surface area (Å²) in [5, 5.41) is 20.5. The molecule has 7 N–H and O–H groups in total. The van der Waals surface area contributed by atoms with Gasteiger partial charge in [0.05, 0.1) is 77.8 Å². The molecule has 0 aliphatic heterocycles. The number of phosphoric ester groups is 2. The van der Waals surface area contributed by atoms with Gasteiger partial charge in [-0.1, -0.05) is 271 Å². The maximum Gasteiger partial charge on any atom is 0.472 e. The van der Waals surface area contributed by atoms with Crippen molar-refractivity contribution in [3.8, 4) is 5.75 Å². The lowest BCUT2D eigenvalue weighted by Crippen LogP contribution is -2.44. The molecule has 688 valence electrons. The molecule has 0 spiro atoms. The maximum absolute atomic E-state index is 13.9. The minimum absolute atomic E-state index is 0.0689. The summed E-state index contributed by atoms with van der Waals surface area (Å²) in [6, 6.07) is 3.69. The summed E-state index contributed by atoms with van der Waals surface area (Å²) < 4.78 is 72.2. The van der Waals surface area contributed by atoms with Crippen molar-refractivity contribution in [2.75, 3.05) is 65.9 Å². The number of aromatic hydroxyl groups is 1. The van der Waals surface area contributed by atoms with E-state index in [1.165, 1.54) is 114 Å². The third kappa shape index (κ3) is 69.9. The number of nitrogens with one attached hydrogen (secondary N) is 4. The van der Waals surface area contributed by atoms with Gasteiger partial charge in [0.25, 0.3) is 0 Å². The Labute approximate surface area is 717 Å². The standard InChI is InChI=1S/C92H164N4O21P2/c1-7-13-19-25-29-33-37-43-47-53-82(98)72-87(100)95-79(74-110-67-63-84(55-49-41-23-17-11-5)116-89(102)57-51-45-39-35-31-27-21-15-9-3)76-114-118(106,107)112-69-65-93-91(104)86(71-78-59-61-81(97)62-60-78)92(105)94-66-70-113-119(108,109)115-77-80(96-88(101)73-83(99)54-48-44-38-34-30-26-20-14-8-2)75-111-68-64-85(56-50-42-24-18-12-6)117-90(103)58-52-46-40-36-32-28-22-16-10-4/h35-36,39-40,59-62,79-80,84-86,97H,7-34,37-38,41-58,63-77H2,1-6H3,(H,93,104)(H,94,105)(H,95,100)(H,96,101)(H,106,107)(H,108,109). The third-order valence-corrected chi connectivity index (χ3v) is 22.7. The van der Waals surface area contributed by atoms with Gasteiger partial charge in [0, 0.05) is 51.6 Å². The van der Waals surface area contributed by atoms with Gasteiger partial charge in [-0.2, -0.15) is 0 Å². The number of amides is 4. The van der Waals surface area contributed by atoms with Crippen molar-refractivity contribution in [2.24, 2.45) is 5.92 Å². The Balaban J connectivity index is 3.17. The molecule has 6 unspecified atom stereocenters. The van der Waals surface area contributed by atoms with Gasteiger partial charge >= 0.3 is 27.6 Å². The van der Waals surface area contributed by atoms with E-state index in [0.29, 0.717) is 56.9 Å². The highest BCUT2D eigenvalue weighted by molar-refractivity contribution is 7.47. The van der Waals surface area contributed by atoms with E-state index in [9.17, 15) is 62.4 Å². The number of Topliss-reactive ketones (excluding diaryl/α,β-unsaturated/α-hetero) is 2. The van der Waals surface area contributed by atoms with E-state index in [1.807, 2.05) is 0 Å². The Morgan fingerprint density at radius 2 is 0.689 bits per heavy atom. The fourth-order valence-electron chi connectivity index (χ4n) is 13.6. The normalized spacial score (nSPS) is 13.9. The van der Waals surface area contributed by atoms with Crippen molar-refractivity contribution in [2.45, 2.75) is 406 Å². The summed E-state index contributed by atoms with van der Waals surface area (Å²) in [5.74, 6) is -5.55. The molecule has 1 aromatic rings. The molecule has 1 aromatic carbocycles. The molecule has 0 aliphatic carbocycles. The number of ketones is 2. The lowest BCUT2D eigenvalue weighted by Gasteiger charge is -2.22. The van der Waals surface area contributed by atoms with E-state index >= 15 is 0 Å². The predicted octanol–water partition coefficient (Wildman–Crippen LogP) is 20.5. The summed E-state index contributed by atoms with van der Waals surface area (Å²) in [5.41, 5.74) is 0.465. The van der Waals surface area contributed by atoms with Crippen LogP contribution >= 0.6 is 15.6 Å². The third-order valence-electron chi connectivity index (χ3n) is 20.7. The zero-order chi connectivity index (χ0) is 87.4. The molecular weight excluding hydrogens is 1560 g/mol. The lowest BCUT2D eigenvalue weighted by molar-refractivity contribution is -0.151. The first-order chi connectivity index (χ1) is 57.6. The van der Waals surface area contributed by atoms with Crippen LogP contribution in [0.4, 0.5) is 0 Å². The van der Waals surface area contributed by atoms with E-state index < -0.39 is 122 Å². The number of carbonyl (C=O) groups is 8. The first-order valence-corrected chi connectivity index (χ1v) is 49.6. The smallest absolute Gasteiger partial charge is 0.472 e. The number of phenols is 1. The van der Waals surface area contributed by atoms with Gasteiger partial charge in [0.1, 0.15) is 35.4 Å². The monoisotopic (exact) mass is 1720 g/mol. The van der Waals surface area contributed by atoms with Gasteiger partial charge in [0.15, 0.2) is 0 Å². The molecule has 1 rings (SSSR count). The van der Waals surface area contributed by atoms with E-state index in [1.54, 1.807) is 0 Å². The second-order valence-corrected chi connectivity index (χ2v) is 35.0. The number of hydrogen-bond acceptors (Lipinski definition) is 19. The number of benzene rings is 1. The average Bonchev–Trinajstić information content (AvgIpc) is 0.860. The topological polar surface area (TPSA) is 353 Å². The molecule has 0 fully saturated rings. The van der Waals surface area contributed by atoms with Crippen molar-refractivity contribution >= 4 is 62.8 Å². The van der Waals surface area contributed by atoms with Crippen LogP contribution in [0, 0.1) is 5.92 Å². The molecule has 0 aliphatic rings. The van der Waals surface area contributed by atoms with Crippen molar-refractivity contribution in [3.63, 3.8) is 0 Å². The highest BCUT2D eigenvalue weighted by atomic mass is 31.2. The minimum atomic E-state index is -4.93. The molecule has 25 nitrogen and oxygen atoms in total. The highest BCUT2D eigenvalue weighted by Crippen LogP contribution is 2.44. The first kappa shape index (κ1) is 112. The number of phosphoric acid groups is 2. The summed E-state index contributed by atoms with van der Waals surface area (Å²) in [6.07, 6.45) is 53.6. The molecule has 0 saturated heterocycles. The van der Waals surface area contributed by atoms with Crippen LogP contribution in [0.15, 0.2) is 48.6 Å². The van der Waals surface area contributed by atoms with E-state index in [4.69, 9.17) is 37.0 Å². The van der Waals surface area contributed by atoms with Crippen LogP contribution in [0.1, 0.15) is 381 Å². The van der Waals surface area contributed by atoms with Gasteiger partial charge in [-0.05, 0) is 114 Å². The lowest BCUT2D eigenvalue weighted by atomic mass is 9.97. The summed E-state index contributed by atoms with van der Waals surface area (Å²) >= 11 is 0. The quantitative estimate of drug-likeness (QED) is 0.0105. The molecule has 0 saturated carbocycles. The molecule has 0 bridgehead atoms. The van der Waals surface area contributed by atoms with Gasteiger partial charge in [-0.3, -0.25) is 56.5 Å². The molecule has 0 heterocycles. The fraction of sp³-hybridized carbons (Fsp3) is 0.804. The summed E-state index contributed by atoms with van der Waals surface area (Å²) in [7, 11) is -9.85. The Kier molecular flexibility index (Phi) is 72.9. The number of allylic oxidation sites excluding steroid dienone is 4. The molecule has 0 aromatic heterocycles. The van der Waals surface area contributed by atoms with Crippen LogP contribution in [-0.2, 0) is 90.9 Å². The zero-order valence-electron chi connectivity index (χ0n) is 74.6. The number of carbonyl (C=O) groups excluding carboxylic acids is 8. The molecule has 6 atom stereocenters. The number of hydrogen-bond donors (Lipinski definition) is 7. The van der Waals surface area contributed by atoms with Crippen molar-refractivity contribution < 1.29 is 99.4 Å². The van der Waals surface area contributed by atoms with Crippen molar-refractivity contribution in [3.05, 3.63) is 54.1 Å². The number of unbranched alkanes of at least 4 members (excludes halogenated alkanes) is 34. The Morgan fingerprint density at radius 1 is 0.370 bits per heavy atom. The number of ether oxygens (including phenoxy) is 4. The van der Waals surface area contributed by atoms with Crippen LogP contribution in [0.2, 0.25) is 0 Å². The minimum Gasteiger partial charge on any atom is -0.508 e. The summed E-state index contributed by atoms with van der Waals surface area (Å²) in [4.78, 5) is 129. The maximum atomic E-state index is 13.9. The van der Waals surface area contributed by atoms with E-state index in [2.05, 4.69) is 87.1 Å². The molecule has 4 amide bonds. The highest BCUT2D eigenvalue weighted by Gasteiger charge is 2.31. The number of phenolic OH excluding ortho intramolecular Hbond substituents is 1. The van der Waals surface area contributed by atoms with Crippen LogP contribution in [0.3, 0.4) is 0 Å². The molecular formula is C92H164N4O21P2. The zero-order valence-corrected chi connectivity index (χ0v) is 76.4. The SMILES string of the molecule is CCCCCCC=CCCCC(=O)OC(CCCCCCC)CCOCC(COP(=O)(O)OCCNC(=O)C(Cc1ccc(O)cc1)C(=O)NCCOP(=O)(O)OCC(COCCC(CCCCCCC)OC(=O)CCCC=CCCCCCC)NC(=O)CC(=O)CCCCCCCCCCC)NC(=O)CC(=O)CCCCCCCCCCC. The summed E-state index contributed by atoms with van der Waals surface area (Å²) in [6.45, 7) is 9.67. The van der Waals surface area contributed by atoms with Crippen molar-refractivity contribution in [1.29, 1.82) is 0 Å². The molecule has 27 heteroatoms. The predicted molar refractivity (Wildman–Crippen MR) is 472 cm³/mol. The largest absolute Gasteiger partial charge is 0.508 e. The van der Waals surface area contributed by atoms with Gasteiger partial charge in [0.2, 0.25) is 23.6 Å². The second-order valence-electron chi connectivity index (χ2n) is 32.1. The van der Waals surface area contributed by atoms with Crippen LogP contribution in [0.5, 0.6) is 5.75 Å². The Morgan fingerprint density at radius 3 is 1.04 bits per heavy atom.